The Morgan fingerprint density at radius 1 is 1.05 bits per heavy atom. The van der Waals surface area contributed by atoms with Crippen LogP contribution in [-0.4, -0.2) is 24.5 Å². The summed E-state index contributed by atoms with van der Waals surface area (Å²) in [5.74, 6) is 0.397. The SMILES string of the molecule is Cc1ccc(C(=O)CCN(C)c2ccc(O)cc2)cc1. The zero-order chi connectivity index (χ0) is 14.5. The highest BCUT2D eigenvalue weighted by Crippen LogP contribution is 2.17. The minimum Gasteiger partial charge on any atom is -0.508 e. The van der Waals surface area contributed by atoms with Crippen LogP contribution < -0.4 is 4.90 Å². The number of aromatic hydroxyl groups is 1. The predicted molar refractivity (Wildman–Crippen MR) is 81.5 cm³/mol. The summed E-state index contributed by atoms with van der Waals surface area (Å²) in [6.07, 6.45) is 0.473. The molecule has 0 saturated heterocycles. The second kappa shape index (κ2) is 6.24. The van der Waals surface area contributed by atoms with Crippen molar-refractivity contribution in [2.45, 2.75) is 13.3 Å². The van der Waals surface area contributed by atoms with Crippen molar-refractivity contribution < 1.29 is 9.90 Å². The molecule has 0 amide bonds. The second-order valence-electron chi connectivity index (χ2n) is 4.98. The molecule has 0 aliphatic heterocycles. The molecule has 0 radical (unpaired) electrons. The summed E-state index contributed by atoms with van der Waals surface area (Å²) < 4.78 is 0. The summed E-state index contributed by atoms with van der Waals surface area (Å²) in [4.78, 5) is 14.1. The van der Waals surface area contributed by atoms with Gasteiger partial charge in [0.25, 0.3) is 0 Å². The highest BCUT2D eigenvalue weighted by molar-refractivity contribution is 5.96. The van der Waals surface area contributed by atoms with E-state index in [9.17, 15) is 9.90 Å². The molecule has 0 aromatic heterocycles. The molecule has 1 N–H and O–H groups in total. The first-order valence-corrected chi connectivity index (χ1v) is 6.66. The monoisotopic (exact) mass is 269 g/mol. The lowest BCUT2D eigenvalue weighted by atomic mass is 10.1. The fourth-order valence-corrected chi connectivity index (χ4v) is 1.99. The molecule has 0 fully saturated rings. The maximum absolute atomic E-state index is 12.1. The largest absolute Gasteiger partial charge is 0.508 e. The molecular weight excluding hydrogens is 250 g/mol. The standard InChI is InChI=1S/C17H19NO2/c1-13-3-5-14(6-4-13)17(20)11-12-18(2)15-7-9-16(19)10-8-15/h3-10,19H,11-12H2,1-2H3. The molecule has 0 aliphatic rings. The highest BCUT2D eigenvalue weighted by atomic mass is 16.3. The minimum absolute atomic E-state index is 0.149. The van der Waals surface area contributed by atoms with Gasteiger partial charge in [-0.2, -0.15) is 0 Å². The molecular formula is C17H19NO2. The zero-order valence-corrected chi connectivity index (χ0v) is 11.8. The Balaban J connectivity index is 1.92. The number of benzene rings is 2. The summed E-state index contributed by atoms with van der Waals surface area (Å²) in [5.41, 5.74) is 2.90. The van der Waals surface area contributed by atoms with Crippen molar-refractivity contribution >= 4 is 11.5 Å². The molecule has 0 heterocycles. The van der Waals surface area contributed by atoms with Crippen LogP contribution in [0.2, 0.25) is 0 Å². The Labute approximate surface area is 119 Å². The van der Waals surface area contributed by atoms with E-state index in [4.69, 9.17) is 0 Å². The number of carbonyl (C=O) groups is 1. The van der Waals surface area contributed by atoms with E-state index in [0.29, 0.717) is 13.0 Å². The van der Waals surface area contributed by atoms with Crippen LogP contribution in [0, 0.1) is 6.92 Å². The van der Waals surface area contributed by atoms with Gasteiger partial charge in [-0.05, 0) is 31.2 Å². The van der Waals surface area contributed by atoms with Crippen LogP contribution in [0.5, 0.6) is 5.75 Å². The summed E-state index contributed by atoms with van der Waals surface area (Å²) in [6, 6.07) is 14.6. The first-order chi connectivity index (χ1) is 9.56. The third-order valence-corrected chi connectivity index (χ3v) is 3.34. The quantitative estimate of drug-likeness (QED) is 0.846. The van der Waals surface area contributed by atoms with Crippen LogP contribution in [-0.2, 0) is 0 Å². The topological polar surface area (TPSA) is 40.5 Å². The summed E-state index contributed by atoms with van der Waals surface area (Å²) >= 11 is 0. The first kappa shape index (κ1) is 14.1. The van der Waals surface area contributed by atoms with Gasteiger partial charge in [0, 0.05) is 31.3 Å². The Kier molecular flexibility index (Phi) is 4.41. The van der Waals surface area contributed by atoms with Crippen molar-refractivity contribution in [2.75, 3.05) is 18.5 Å². The smallest absolute Gasteiger partial charge is 0.164 e. The lowest BCUT2D eigenvalue weighted by molar-refractivity contribution is 0.0985. The van der Waals surface area contributed by atoms with Gasteiger partial charge in [-0.3, -0.25) is 4.79 Å². The van der Waals surface area contributed by atoms with E-state index in [1.54, 1.807) is 12.1 Å². The van der Waals surface area contributed by atoms with Crippen LogP contribution in [0.1, 0.15) is 22.3 Å². The van der Waals surface area contributed by atoms with Gasteiger partial charge in [-0.1, -0.05) is 29.8 Å². The van der Waals surface area contributed by atoms with E-state index < -0.39 is 0 Å². The fraction of sp³-hybridized carbons (Fsp3) is 0.235. The van der Waals surface area contributed by atoms with Crippen LogP contribution >= 0.6 is 0 Å². The highest BCUT2D eigenvalue weighted by Gasteiger charge is 2.08. The molecule has 0 aliphatic carbocycles. The van der Waals surface area contributed by atoms with E-state index in [1.807, 2.05) is 55.3 Å². The summed E-state index contributed by atoms with van der Waals surface area (Å²) in [6.45, 7) is 2.66. The van der Waals surface area contributed by atoms with Crippen molar-refractivity contribution in [3.8, 4) is 5.75 Å². The Bertz CT molecular complexity index is 573. The third kappa shape index (κ3) is 3.60. The third-order valence-electron chi connectivity index (χ3n) is 3.34. The Morgan fingerprint density at radius 3 is 2.25 bits per heavy atom. The number of anilines is 1. The van der Waals surface area contributed by atoms with Gasteiger partial charge in [0.15, 0.2) is 5.78 Å². The molecule has 3 heteroatoms. The maximum atomic E-state index is 12.1. The van der Waals surface area contributed by atoms with E-state index in [2.05, 4.69) is 0 Å². The lowest BCUT2D eigenvalue weighted by Crippen LogP contribution is -2.21. The van der Waals surface area contributed by atoms with Gasteiger partial charge in [0.2, 0.25) is 0 Å². The van der Waals surface area contributed by atoms with Gasteiger partial charge in [0.05, 0.1) is 0 Å². The maximum Gasteiger partial charge on any atom is 0.164 e. The van der Waals surface area contributed by atoms with E-state index in [1.165, 1.54) is 0 Å². The van der Waals surface area contributed by atoms with Crippen LogP contribution in [0.25, 0.3) is 0 Å². The number of aryl methyl sites for hydroxylation is 1. The average Bonchev–Trinajstić information content (AvgIpc) is 2.46. The van der Waals surface area contributed by atoms with Crippen molar-refractivity contribution in [1.82, 2.24) is 0 Å². The fourth-order valence-electron chi connectivity index (χ4n) is 1.99. The molecule has 104 valence electrons. The normalized spacial score (nSPS) is 10.3. The molecule has 0 unspecified atom stereocenters. The molecule has 0 saturated carbocycles. The minimum atomic E-state index is 0.149. The second-order valence-corrected chi connectivity index (χ2v) is 4.98. The molecule has 2 aromatic carbocycles. The van der Waals surface area contributed by atoms with Crippen LogP contribution in [0.4, 0.5) is 5.69 Å². The zero-order valence-electron chi connectivity index (χ0n) is 11.8. The van der Waals surface area contributed by atoms with Crippen molar-refractivity contribution in [1.29, 1.82) is 0 Å². The molecule has 0 atom stereocenters. The molecule has 20 heavy (non-hydrogen) atoms. The number of carbonyl (C=O) groups excluding carboxylic acids is 1. The van der Waals surface area contributed by atoms with Crippen molar-refractivity contribution in [3.63, 3.8) is 0 Å². The molecule has 0 spiro atoms. The Hall–Kier alpha value is -2.29. The lowest BCUT2D eigenvalue weighted by Gasteiger charge is -2.18. The number of phenolic OH excluding ortho intramolecular Hbond substituents is 1. The molecule has 3 nitrogen and oxygen atoms in total. The van der Waals surface area contributed by atoms with E-state index in [0.717, 1.165) is 16.8 Å². The number of hydrogen-bond donors (Lipinski definition) is 1. The van der Waals surface area contributed by atoms with E-state index in [-0.39, 0.29) is 11.5 Å². The predicted octanol–water partition coefficient (Wildman–Crippen LogP) is 3.41. The number of rotatable bonds is 5. The summed E-state index contributed by atoms with van der Waals surface area (Å²) in [5, 5.41) is 9.26. The Morgan fingerprint density at radius 2 is 1.65 bits per heavy atom. The average molecular weight is 269 g/mol. The number of Topliss-reactive ketones (excluding diaryl/α,β-unsaturated/α-hetero) is 1. The van der Waals surface area contributed by atoms with Crippen LogP contribution in [0.3, 0.4) is 0 Å². The first-order valence-electron chi connectivity index (χ1n) is 6.66. The molecule has 2 rings (SSSR count). The number of phenols is 1. The van der Waals surface area contributed by atoms with Gasteiger partial charge in [-0.15, -0.1) is 0 Å². The number of hydrogen-bond acceptors (Lipinski definition) is 3. The number of ketones is 1. The number of nitrogens with zero attached hydrogens (tertiary/aromatic N) is 1. The van der Waals surface area contributed by atoms with Crippen molar-refractivity contribution in [2.24, 2.45) is 0 Å². The van der Waals surface area contributed by atoms with Crippen LogP contribution in [0.15, 0.2) is 48.5 Å². The van der Waals surface area contributed by atoms with Gasteiger partial charge in [0.1, 0.15) is 5.75 Å². The molecule has 2 aromatic rings. The molecule has 0 bridgehead atoms. The van der Waals surface area contributed by atoms with Gasteiger partial charge in [-0.25, -0.2) is 0 Å². The summed E-state index contributed by atoms with van der Waals surface area (Å²) in [7, 11) is 1.94. The van der Waals surface area contributed by atoms with Gasteiger partial charge >= 0.3 is 0 Å². The van der Waals surface area contributed by atoms with Crippen molar-refractivity contribution in [3.05, 3.63) is 59.7 Å². The van der Waals surface area contributed by atoms with E-state index >= 15 is 0 Å². The van der Waals surface area contributed by atoms with Gasteiger partial charge < -0.3 is 10.0 Å².